The average molecular weight is 259 g/mol. The molecule has 0 fully saturated rings. The van der Waals surface area contributed by atoms with E-state index < -0.39 is 0 Å². The zero-order valence-corrected chi connectivity index (χ0v) is 11.3. The summed E-state index contributed by atoms with van der Waals surface area (Å²) in [5.74, 6) is 0. The van der Waals surface area contributed by atoms with Crippen LogP contribution in [-0.2, 0) is 12.8 Å². The van der Waals surface area contributed by atoms with Crippen molar-refractivity contribution in [2.24, 2.45) is 5.14 Å². The van der Waals surface area contributed by atoms with Crippen molar-refractivity contribution in [1.29, 1.82) is 0 Å². The van der Waals surface area contributed by atoms with Crippen LogP contribution in [0.5, 0.6) is 0 Å². The van der Waals surface area contributed by atoms with Gasteiger partial charge in [0, 0.05) is 10.6 Å². The van der Waals surface area contributed by atoms with Gasteiger partial charge in [-0.1, -0.05) is 0 Å². The molecule has 0 spiro atoms. The summed E-state index contributed by atoms with van der Waals surface area (Å²) >= 11 is 1.28. The molecule has 0 amide bonds. The van der Waals surface area contributed by atoms with E-state index >= 15 is 0 Å². The first-order valence-corrected chi connectivity index (χ1v) is 7.22. The molecule has 3 rings (SSSR count). The fraction of sp³-hybridized carbons (Fsp3) is 0.357. The van der Waals surface area contributed by atoms with Gasteiger partial charge in [-0.3, -0.25) is 5.14 Å². The standard InChI is InChI=1S/C14H17N3S/c1-10-13-4-2-3-5-14(13)17(16-10)11-6-8-12(18-15)9-7-11/h6-9H,2-5,15H2,1H3. The molecule has 4 heteroatoms. The molecule has 0 saturated carbocycles. The lowest BCUT2D eigenvalue weighted by Gasteiger charge is -2.14. The van der Waals surface area contributed by atoms with Crippen LogP contribution in [0.4, 0.5) is 0 Å². The van der Waals surface area contributed by atoms with E-state index in [4.69, 9.17) is 10.2 Å². The SMILES string of the molecule is Cc1nn(-c2ccc(SN)cc2)c2c1CCCC2. The maximum atomic E-state index is 5.55. The average Bonchev–Trinajstić information content (AvgIpc) is 2.77. The van der Waals surface area contributed by atoms with Gasteiger partial charge < -0.3 is 0 Å². The van der Waals surface area contributed by atoms with Crippen LogP contribution in [0.25, 0.3) is 5.69 Å². The highest BCUT2D eigenvalue weighted by Gasteiger charge is 2.19. The highest BCUT2D eigenvalue weighted by molar-refractivity contribution is 7.97. The van der Waals surface area contributed by atoms with Crippen molar-refractivity contribution in [1.82, 2.24) is 9.78 Å². The fourth-order valence-corrected chi connectivity index (χ4v) is 2.96. The van der Waals surface area contributed by atoms with E-state index in [1.54, 1.807) is 0 Å². The summed E-state index contributed by atoms with van der Waals surface area (Å²) in [4.78, 5) is 1.08. The Morgan fingerprint density at radius 1 is 1.17 bits per heavy atom. The highest BCUT2D eigenvalue weighted by atomic mass is 32.2. The number of rotatable bonds is 2. The van der Waals surface area contributed by atoms with E-state index in [9.17, 15) is 0 Å². The molecule has 1 aromatic carbocycles. The molecule has 0 aliphatic heterocycles. The van der Waals surface area contributed by atoms with Gasteiger partial charge >= 0.3 is 0 Å². The first-order valence-electron chi connectivity index (χ1n) is 6.34. The summed E-state index contributed by atoms with van der Waals surface area (Å²) in [7, 11) is 0. The highest BCUT2D eigenvalue weighted by Crippen LogP contribution is 2.26. The first kappa shape index (κ1) is 11.8. The molecular weight excluding hydrogens is 242 g/mol. The zero-order valence-electron chi connectivity index (χ0n) is 10.5. The van der Waals surface area contributed by atoms with Crippen molar-refractivity contribution < 1.29 is 0 Å². The third-order valence-electron chi connectivity index (χ3n) is 3.60. The Morgan fingerprint density at radius 2 is 1.89 bits per heavy atom. The Bertz CT molecular complexity index is 557. The predicted octanol–water partition coefficient (Wildman–Crippen LogP) is 3.03. The molecule has 0 radical (unpaired) electrons. The monoisotopic (exact) mass is 259 g/mol. The number of hydrogen-bond acceptors (Lipinski definition) is 3. The van der Waals surface area contributed by atoms with Crippen LogP contribution < -0.4 is 5.14 Å². The second-order valence-corrected chi connectivity index (χ2v) is 5.45. The zero-order chi connectivity index (χ0) is 12.5. The van der Waals surface area contributed by atoms with Crippen LogP contribution in [0, 0.1) is 6.92 Å². The summed E-state index contributed by atoms with van der Waals surface area (Å²) < 4.78 is 2.11. The molecule has 2 aromatic rings. The van der Waals surface area contributed by atoms with E-state index in [0.29, 0.717) is 0 Å². The van der Waals surface area contributed by atoms with E-state index in [1.807, 2.05) is 12.1 Å². The summed E-state index contributed by atoms with van der Waals surface area (Å²) in [6, 6.07) is 8.28. The topological polar surface area (TPSA) is 43.8 Å². The molecule has 1 aliphatic carbocycles. The Morgan fingerprint density at radius 3 is 2.61 bits per heavy atom. The molecule has 18 heavy (non-hydrogen) atoms. The second-order valence-electron chi connectivity index (χ2n) is 4.74. The largest absolute Gasteiger partial charge is 0.274 e. The Balaban J connectivity index is 2.05. The van der Waals surface area contributed by atoms with E-state index in [0.717, 1.165) is 17.0 Å². The molecule has 1 heterocycles. The van der Waals surface area contributed by atoms with Gasteiger partial charge in [0.2, 0.25) is 0 Å². The molecule has 1 aromatic heterocycles. The normalized spacial score (nSPS) is 14.6. The van der Waals surface area contributed by atoms with Crippen molar-refractivity contribution >= 4 is 11.9 Å². The molecule has 0 saturated heterocycles. The lowest BCUT2D eigenvalue weighted by molar-refractivity contribution is 0.653. The third kappa shape index (κ3) is 1.95. The molecule has 0 unspecified atom stereocenters. The van der Waals surface area contributed by atoms with Gasteiger partial charge in [-0.25, -0.2) is 4.68 Å². The number of nitrogens with two attached hydrogens (primary N) is 1. The quantitative estimate of drug-likeness (QED) is 0.843. The van der Waals surface area contributed by atoms with E-state index in [-0.39, 0.29) is 0 Å². The van der Waals surface area contributed by atoms with Gasteiger partial charge in [0.1, 0.15) is 0 Å². The van der Waals surface area contributed by atoms with Gasteiger partial charge in [-0.05, 0) is 74.4 Å². The fourth-order valence-electron chi connectivity index (χ4n) is 2.66. The Labute approximate surface area is 112 Å². The summed E-state index contributed by atoms with van der Waals surface area (Å²) in [6.45, 7) is 2.12. The van der Waals surface area contributed by atoms with Crippen LogP contribution in [-0.4, -0.2) is 9.78 Å². The van der Waals surface area contributed by atoms with Crippen molar-refractivity contribution in [2.45, 2.75) is 37.5 Å². The maximum Gasteiger partial charge on any atom is 0.0649 e. The van der Waals surface area contributed by atoms with Crippen LogP contribution in [0.2, 0.25) is 0 Å². The Kier molecular flexibility index (Phi) is 3.14. The molecule has 2 N–H and O–H groups in total. The first-order chi connectivity index (χ1) is 8.79. The minimum Gasteiger partial charge on any atom is -0.274 e. The number of nitrogens with zero attached hydrogens (tertiary/aromatic N) is 2. The minimum atomic E-state index is 1.08. The predicted molar refractivity (Wildman–Crippen MR) is 75.0 cm³/mol. The van der Waals surface area contributed by atoms with Gasteiger partial charge in [-0.15, -0.1) is 0 Å². The number of aromatic nitrogens is 2. The van der Waals surface area contributed by atoms with Crippen molar-refractivity contribution in [3.8, 4) is 5.69 Å². The molecule has 1 aliphatic rings. The van der Waals surface area contributed by atoms with Gasteiger partial charge in [0.05, 0.1) is 11.4 Å². The van der Waals surface area contributed by atoms with E-state index in [1.165, 1.54) is 48.2 Å². The number of aryl methyl sites for hydroxylation is 1. The number of hydrogen-bond donors (Lipinski definition) is 1. The van der Waals surface area contributed by atoms with Crippen LogP contribution >= 0.6 is 11.9 Å². The number of benzene rings is 1. The van der Waals surface area contributed by atoms with E-state index in [2.05, 4.69) is 23.7 Å². The van der Waals surface area contributed by atoms with Gasteiger partial charge in [0.15, 0.2) is 0 Å². The molecule has 0 atom stereocenters. The minimum absolute atomic E-state index is 1.08. The van der Waals surface area contributed by atoms with Crippen molar-refractivity contribution in [3.63, 3.8) is 0 Å². The molecular formula is C14H17N3S. The lowest BCUT2D eigenvalue weighted by Crippen LogP contribution is -2.07. The second kappa shape index (κ2) is 4.78. The van der Waals surface area contributed by atoms with Crippen LogP contribution in [0.15, 0.2) is 29.2 Å². The Hall–Kier alpha value is -1.26. The summed E-state index contributed by atoms with van der Waals surface area (Å²) in [5, 5.41) is 10.2. The van der Waals surface area contributed by atoms with Gasteiger partial charge in [0.25, 0.3) is 0 Å². The van der Waals surface area contributed by atoms with Crippen LogP contribution in [0.1, 0.15) is 29.8 Å². The third-order valence-corrected chi connectivity index (χ3v) is 4.14. The number of fused-ring (bicyclic) bond motifs is 1. The summed E-state index contributed by atoms with van der Waals surface area (Å²) in [5.41, 5.74) is 5.17. The van der Waals surface area contributed by atoms with Crippen molar-refractivity contribution in [2.75, 3.05) is 0 Å². The summed E-state index contributed by atoms with van der Waals surface area (Å²) in [6.07, 6.45) is 4.89. The molecule has 3 nitrogen and oxygen atoms in total. The van der Waals surface area contributed by atoms with Gasteiger partial charge in [-0.2, -0.15) is 5.10 Å². The molecule has 94 valence electrons. The van der Waals surface area contributed by atoms with Crippen molar-refractivity contribution in [3.05, 3.63) is 41.2 Å². The molecule has 0 bridgehead atoms. The smallest absolute Gasteiger partial charge is 0.0649 e. The van der Waals surface area contributed by atoms with Crippen LogP contribution in [0.3, 0.4) is 0 Å². The lowest BCUT2D eigenvalue weighted by atomic mass is 9.96. The maximum absolute atomic E-state index is 5.55.